The Balaban J connectivity index is 2.35. The van der Waals surface area contributed by atoms with Crippen molar-refractivity contribution in [3.05, 3.63) is 70.3 Å². The third-order valence-corrected chi connectivity index (χ3v) is 4.61. The molecular formula is C21H26F3N. The van der Waals surface area contributed by atoms with Crippen LogP contribution in [0.15, 0.2) is 42.5 Å². The molecule has 2 rings (SSSR count). The van der Waals surface area contributed by atoms with Gasteiger partial charge in [0.05, 0.1) is 5.56 Å². The predicted octanol–water partition coefficient (Wildman–Crippen LogP) is 5.60. The normalized spacial score (nSPS) is 13.8. The van der Waals surface area contributed by atoms with Gasteiger partial charge in [-0.05, 0) is 53.6 Å². The summed E-state index contributed by atoms with van der Waals surface area (Å²) in [7, 11) is 0. The van der Waals surface area contributed by atoms with Crippen LogP contribution in [0.3, 0.4) is 0 Å². The number of nitrogens with two attached hydrogens (primary N) is 1. The molecule has 136 valence electrons. The van der Waals surface area contributed by atoms with Gasteiger partial charge in [-0.15, -0.1) is 0 Å². The Kier molecular flexibility index (Phi) is 5.62. The number of hydrogen-bond donors (Lipinski definition) is 1. The van der Waals surface area contributed by atoms with Crippen molar-refractivity contribution in [3.63, 3.8) is 0 Å². The minimum Gasteiger partial charge on any atom is -0.330 e. The van der Waals surface area contributed by atoms with Crippen LogP contribution in [0.25, 0.3) is 0 Å². The minimum atomic E-state index is -4.32. The first kappa shape index (κ1) is 19.5. The Bertz CT molecular complexity index is 727. The molecular weight excluding hydrogens is 323 g/mol. The van der Waals surface area contributed by atoms with E-state index in [0.29, 0.717) is 18.5 Å². The maximum absolute atomic E-state index is 12.9. The Labute approximate surface area is 148 Å². The van der Waals surface area contributed by atoms with E-state index in [-0.39, 0.29) is 11.3 Å². The molecule has 2 aromatic rings. The van der Waals surface area contributed by atoms with Gasteiger partial charge < -0.3 is 5.73 Å². The second-order valence-electron chi connectivity index (χ2n) is 7.66. The van der Waals surface area contributed by atoms with Crippen molar-refractivity contribution in [2.45, 2.75) is 51.6 Å². The van der Waals surface area contributed by atoms with Crippen LogP contribution in [-0.2, 0) is 18.0 Å². The van der Waals surface area contributed by atoms with Gasteiger partial charge in [-0.25, -0.2) is 0 Å². The fraction of sp³-hybridized carbons (Fsp3) is 0.429. The van der Waals surface area contributed by atoms with Crippen LogP contribution in [0, 0.1) is 6.92 Å². The second kappa shape index (κ2) is 7.20. The van der Waals surface area contributed by atoms with E-state index in [1.54, 1.807) is 6.07 Å². The van der Waals surface area contributed by atoms with Crippen molar-refractivity contribution in [1.29, 1.82) is 0 Å². The first-order chi connectivity index (χ1) is 11.5. The summed E-state index contributed by atoms with van der Waals surface area (Å²) in [5.74, 6) is -0.00853. The highest BCUT2D eigenvalue weighted by molar-refractivity contribution is 5.38. The van der Waals surface area contributed by atoms with E-state index in [2.05, 4.69) is 39.0 Å². The van der Waals surface area contributed by atoms with Gasteiger partial charge in [0.2, 0.25) is 0 Å². The van der Waals surface area contributed by atoms with Gasteiger partial charge in [0, 0.05) is 5.92 Å². The molecule has 1 unspecified atom stereocenters. The van der Waals surface area contributed by atoms with Crippen LogP contribution >= 0.6 is 0 Å². The average Bonchev–Trinajstić information content (AvgIpc) is 2.51. The third kappa shape index (κ3) is 4.85. The maximum Gasteiger partial charge on any atom is 0.416 e. The molecule has 0 saturated heterocycles. The lowest BCUT2D eigenvalue weighted by atomic mass is 9.81. The first-order valence-corrected chi connectivity index (χ1v) is 8.49. The highest BCUT2D eigenvalue weighted by Gasteiger charge is 2.30. The van der Waals surface area contributed by atoms with Gasteiger partial charge in [-0.3, -0.25) is 0 Å². The molecule has 0 saturated carbocycles. The minimum absolute atomic E-state index is 0.00853. The smallest absolute Gasteiger partial charge is 0.330 e. The fourth-order valence-corrected chi connectivity index (χ4v) is 3.03. The number of rotatable bonds is 4. The Morgan fingerprint density at radius 1 is 0.960 bits per heavy atom. The summed E-state index contributed by atoms with van der Waals surface area (Å²) < 4.78 is 38.8. The number of aryl methyl sites for hydroxylation is 1. The average molecular weight is 349 g/mol. The molecule has 0 spiro atoms. The molecule has 2 aromatic carbocycles. The van der Waals surface area contributed by atoms with Gasteiger partial charge >= 0.3 is 6.18 Å². The zero-order valence-electron chi connectivity index (χ0n) is 15.2. The van der Waals surface area contributed by atoms with Crippen LogP contribution in [0.1, 0.15) is 54.5 Å². The molecule has 1 atom stereocenters. The Morgan fingerprint density at radius 3 is 2.20 bits per heavy atom. The summed E-state index contributed by atoms with van der Waals surface area (Å²) in [6.07, 6.45) is -3.83. The molecule has 0 aromatic heterocycles. The van der Waals surface area contributed by atoms with E-state index in [0.717, 1.165) is 17.2 Å². The largest absolute Gasteiger partial charge is 0.416 e. The van der Waals surface area contributed by atoms with Crippen molar-refractivity contribution in [3.8, 4) is 0 Å². The van der Waals surface area contributed by atoms with Crippen molar-refractivity contribution in [1.82, 2.24) is 0 Å². The lowest BCUT2D eigenvalue weighted by Crippen LogP contribution is -2.18. The van der Waals surface area contributed by atoms with Crippen LogP contribution in [0.5, 0.6) is 0 Å². The van der Waals surface area contributed by atoms with Gasteiger partial charge in [0.25, 0.3) is 0 Å². The van der Waals surface area contributed by atoms with Crippen molar-refractivity contribution >= 4 is 0 Å². The van der Waals surface area contributed by atoms with E-state index in [4.69, 9.17) is 5.73 Å². The van der Waals surface area contributed by atoms with E-state index in [1.807, 2.05) is 6.92 Å². The van der Waals surface area contributed by atoms with Crippen LogP contribution in [0.4, 0.5) is 13.2 Å². The molecule has 0 fully saturated rings. The van der Waals surface area contributed by atoms with E-state index < -0.39 is 11.7 Å². The molecule has 2 N–H and O–H groups in total. The van der Waals surface area contributed by atoms with Crippen LogP contribution < -0.4 is 5.73 Å². The highest BCUT2D eigenvalue weighted by Crippen LogP contribution is 2.32. The lowest BCUT2D eigenvalue weighted by molar-refractivity contribution is -0.137. The number of hydrogen-bond acceptors (Lipinski definition) is 1. The highest BCUT2D eigenvalue weighted by atomic mass is 19.4. The number of halogens is 3. The Hall–Kier alpha value is -1.81. The molecule has 0 aliphatic heterocycles. The summed E-state index contributed by atoms with van der Waals surface area (Å²) >= 11 is 0. The first-order valence-electron chi connectivity index (χ1n) is 8.49. The molecule has 0 heterocycles. The summed E-state index contributed by atoms with van der Waals surface area (Å²) in [5.41, 5.74) is 9.48. The molecule has 0 radical (unpaired) electrons. The maximum atomic E-state index is 12.9. The third-order valence-electron chi connectivity index (χ3n) is 4.61. The van der Waals surface area contributed by atoms with Gasteiger partial charge in [-0.1, -0.05) is 57.2 Å². The van der Waals surface area contributed by atoms with Crippen LogP contribution in [-0.4, -0.2) is 6.54 Å². The standard InChI is InChI=1S/C21H26F3N/c1-14-8-9-17(20(2,3)4)12-19(14)16(13-25)10-15-6-5-7-18(11-15)21(22,23)24/h5-9,11-12,16H,10,13,25H2,1-4H3. The molecule has 0 aliphatic rings. The SMILES string of the molecule is Cc1ccc(C(C)(C)C)cc1C(CN)Cc1cccc(C(F)(F)F)c1. The van der Waals surface area contributed by atoms with E-state index in [1.165, 1.54) is 17.7 Å². The predicted molar refractivity (Wildman–Crippen MR) is 96.8 cm³/mol. The quantitative estimate of drug-likeness (QED) is 0.764. The van der Waals surface area contributed by atoms with Gasteiger partial charge in [0.1, 0.15) is 0 Å². The van der Waals surface area contributed by atoms with E-state index >= 15 is 0 Å². The van der Waals surface area contributed by atoms with Gasteiger partial charge in [0.15, 0.2) is 0 Å². The summed E-state index contributed by atoms with van der Waals surface area (Å²) in [5, 5.41) is 0. The molecule has 0 aliphatic carbocycles. The summed E-state index contributed by atoms with van der Waals surface area (Å²) in [4.78, 5) is 0. The Morgan fingerprint density at radius 2 is 1.64 bits per heavy atom. The molecule has 4 heteroatoms. The van der Waals surface area contributed by atoms with Crippen molar-refractivity contribution < 1.29 is 13.2 Å². The monoisotopic (exact) mass is 349 g/mol. The molecule has 0 bridgehead atoms. The molecule has 1 nitrogen and oxygen atoms in total. The molecule has 25 heavy (non-hydrogen) atoms. The zero-order chi connectivity index (χ0) is 18.8. The molecule has 0 amide bonds. The van der Waals surface area contributed by atoms with E-state index in [9.17, 15) is 13.2 Å². The van der Waals surface area contributed by atoms with Crippen molar-refractivity contribution in [2.75, 3.05) is 6.54 Å². The zero-order valence-corrected chi connectivity index (χ0v) is 15.2. The number of alkyl halides is 3. The van der Waals surface area contributed by atoms with Gasteiger partial charge in [-0.2, -0.15) is 13.2 Å². The van der Waals surface area contributed by atoms with Crippen molar-refractivity contribution in [2.24, 2.45) is 5.73 Å². The fourth-order valence-electron chi connectivity index (χ4n) is 3.03. The lowest BCUT2D eigenvalue weighted by Gasteiger charge is -2.24. The second-order valence-corrected chi connectivity index (χ2v) is 7.66. The van der Waals surface area contributed by atoms with Crippen LogP contribution in [0.2, 0.25) is 0 Å². The summed E-state index contributed by atoms with van der Waals surface area (Å²) in [6, 6.07) is 11.9. The summed E-state index contributed by atoms with van der Waals surface area (Å²) in [6.45, 7) is 8.85. The number of benzene rings is 2. The topological polar surface area (TPSA) is 26.0 Å².